The van der Waals surface area contributed by atoms with Gasteiger partial charge in [-0.05, 0) is 35.0 Å². The van der Waals surface area contributed by atoms with Crippen LogP contribution >= 0.6 is 27.5 Å². The zero-order valence-corrected chi connectivity index (χ0v) is 10.1. The second-order valence-corrected chi connectivity index (χ2v) is 4.46. The fourth-order valence-corrected chi connectivity index (χ4v) is 2.14. The van der Waals surface area contributed by atoms with Crippen molar-refractivity contribution in [3.05, 3.63) is 33.3 Å². The first-order valence-electron chi connectivity index (χ1n) is 4.25. The summed E-state index contributed by atoms with van der Waals surface area (Å²) in [6, 6.07) is 5.13. The summed E-state index contributed by atoms with van der Waals surface area (Å²) in [5, 5.41) is 0.463. The van der Waals surface area contributed by atoms with Gasteiger partial charge in [-0.3, -0.25) is 4.79 Å². The minimum atomic E-state index is -0.148. The van der Waals surface area contributed by atoms with Crippen molar-refractivity contribution in [3.63, 3.8) is 0 Å². The largest absolute Gasteiger partial charge is 0.328 e. The molecule has 76 valence electrons. The van der Waals surface area contributed by atoms with E-state index < -0.39 is 0 Å². The standard InChI is InChI=1S/C10H11BrClNO/c1-6(13)5-9(14)10-7(11)3-2-4-8(10)12/h2-4,6H,5,13H2,1H3. The Bertz CT molecular complexity index is 332. The number of ketones is 1. The van der Waals surface area contributed by atoms with Gasteiger partial charge >= 0.3 is 0 Å². The second-order valence-electron chi connectivity index (χ2n) is 3.20. The summed E-state index contributed by atoms with van der Waals surface area (Å²) in [5.74, 6) is -0.0301. The molecule has 2 nitrogen and oxygen atoms in total. The summed E-state index contributed by atoms with van der Waals surface area (Å²) in [4.78, 5) is 11.7. The Labute approximate surface area is 96.6 Å². The fraction of sp³-hybridized carbons (Fsp3) is 0.300. The van der Waals surface area contributed by atoms with Crippen molar-refractivity contribution in [1.82, 2.24) is 0 Å². The number of benzene rings is 1. The third kappa shape index (κ3) is 2.80. The molecule has 1 unspecified atom stereocenters. The van der Waals surface area contributed by atoms with E-state index in [-0.39, 0.29) is 11.8 Å². The van der Waals surface area contributed by atoms with Gasteiger partial charge in [0.15, 0.2) is 5.78 Å². The number of rotatable bonds is 3. The van der Waals surface area contributed by atoms with Gasteiger partial charge in [0, 0.05) is 16.9 Å². The minimum Gasteiger partial charge on any atom is -0.328 e. The van der Waals surface area contributed by atoms with Crippen LogP contribution in [0, 0.1) is 0 Å². The first kappa shape index (κ1) is 11.7. The molecule has 0 bridgehead atoms. The molecule has 0 aliphatic rings. The predicted molar refractivity (Wildman–Crippen MR) is 61.7 cm³/mol. The highest BCUT2D eigenvalue weighted by atomic mass is 79.9. The van der Waals surface area contributed by atoms with E-state index in [2.05, 4.69) is 15.9 Å². The molecule has 0 aliphatic carbocycles. The lowest BCUT2D eigenvalue weighted by atomic mass is 10.1. The lowest BCUT2D eigenvalue weighted by Crippen LogP contribution is -2.20. The Morgan fingerprint density at radius 2 is 2.29 bits per heavy atom. The van der Waals surface area contributed by atoms with E-state index in [4.69, 9.17) is 17.3 Å². The molecule has 1 aromatic rings. The Morgan fingerprint density at radius 3 is 2.79 bits per heavy atom. The summed E-state index contributed by atoms with van der Waals surface area (Å²) in [6.45, 7) is 1.79. The third-order valence-corrected chi connectivity index (χ3v) is 2.72. The zero-order valence-electron chi connectivity index (χ0n) is 7.76. The quantitative estimate of drug-likeness (QED) is 0.862. The third-order valence-electron chi connectivity index (χ3n) is 1.75. The minimum absolute atomic E-state index is 0.0301. The van der Waals surface area contributed by atoms with E-state index >= 15 is 0 Å². The molecular weight excluding hydrogens is 265 g/mol. The molecule has 0 saturated carbocycles. The van der Waals surface area contributed by atoms with Crippen LogP contribution in [0.5, 0.6) is 0 Å². The lowest BCUT2D eigenvalue weighted by Gasteiger charge is -2.07. The summed E-state index contributed by atoms with van der Waals surface area (Å²) in [7, 11) is 0. The Balaban J connectivity index is 3.00. The van der Waals surface area contributed by atoms with E-state index in [0.717, 1.165) is 4.47 Å². The molecular formula is C10H11BrClNO. The van der Waals surface area contributed by atoms with Crippen LogP contribution < -0.4 is 5.73 Å². The van der Waals surface area contributed by atoms with Crippen LogP contribution in [-0.4, -0.2) is 11.8 Å². The number of carbonyl (C=O) groups excluding carboxylic acids is 1. The van der Waals surface area contributed by atoms with Gasteiger partial charge in [0.05, 0.1) is 10.6 Å². The smallest absolute Gasteiger partial charge is 0.167 e. The maximum Gasteiger partial charge on any atom is 0.167 e. The molecule has 0 aliphatic heterocycles. The van der Waals surface area contributed by atoms with Crippen LogP contribution in [0.1, 0.15) is 23.7 Å². The number of nitrogens with two attached hydrogens (primary N) is 1. The van der Waals surface area contributed by atoms with Gasteiger partial charge < -0.3 is 5.73 Å². The maximum atomic E-state index is 11.7. The van der Waals surface area contributed by atoms with Gasteiger partial charge in [0.25, 0.3) is 0 Å². The number of hydrogen-bond acceptors (Lipinski definition) is 2. The highest BCUT2D eigenvalue weighted by Crippen LogP contribution is 2.26. The molecule has 0 heterocycles. The van der Waals surface area contributed by atoms with Crippen LogP contribution in [-0.2, 0) is 0 Å². The molecule has 4 heteroatoms. The van der Waals surface area contributed by atoms with E-state index in [1.807, 2.05) is 0 Å². The Hall–Kier alpha value is -0.380. The number of halogens is 2. The molecule has 1 rings (SSSR count). The van der Waals surface area contributed by atoms with Crippen molar-refractivity contribution >= 4 is 33.3 Å². The van der Waals surface area contributed by atoms with Crippen LogP contribution in [0.4, 0.5) is 0 Å². The van der Waals surface area contributed by atoms with Crippen molar-refractivity contribution in [2.24, 2.45) is 5.73 Å². The highest BCUT2D eigenvalue weighted by Gasteiger charge is 2.14. The molecule has 14 heavy (non-hydrogen) atoms. The van der Waals surface area contributed by atoms with E-state index in [0.29, 0.717) is 17.0 Å². The van der Waals surface area contributed by atoms with E-state index in [1.165, 1.54) is 0 Å². The number of Topliss-reactive ketones (excluding diaryl/α,β-unsaturated/α-hetero) is 1. The molecule has 0 amide bonds. The number of hydrogen-bond donors (Lipinski definition) is 1. The first-order valence-corrected chi connectivity index (χ1v) is 5.42. The first-order chi connectivity index (χ1) is 6.52. The van der Waals surface area contributed by atoms with Crippen molar-refractivity contribution in [3.8, 4) is 0 Å². The predicted octanol–water partition coefficient (Wildman–Crippen LogP) is 3.02. The topological polar surface area (TPSA) is 43.1 Å². The SMILES string of the molecule is CC(N)CC(=O)c1c(Cl)cccc1Br. The van der Waals surface area contributed by atoms with Gasteiger partial charge in [0.1, 0.15) is 0 Å². The second kappa shape index (κ2) is 4.91. The lowest BCUT2D eigenvalue weighted by molar-refractivity contribution is 0.0976. The average molecular weight is 277 g/mol. The van der Waals surface area contributed by atoms with E-state index in [1.54, 1.807) is 25.1 Å². The summed E-state index contributed by atoms with van der Waals surface area (Å²) in [5.41, 5.74) is 6.07. The highest BCUT2D eigenvalue weighted by molar-refractivity contribution is 9.10. The van der Waals surface area contributed by atoms with Crippen LogP contribution in [0.2, 0.25) is 5.02 Å². The van der Waals surface area contributed by atoms with Gasteiger partial charge in [-0.2, -0.15) is 0 Å². The Kier molecular flexibility index (Phi) is 4.11. The van der Waals surface area contributed by atoms with Crippen molar-refractivity contribution < 1.29 is 4.79 Å². The molecule has 1 atom stereocenters. The molecule has 0 saturated heterocycles. The van der Waals surface area contributed by atoms with Gasteiger partial charge in [-0.1, -0.05) is 17.7 Å². The monoisotopic (exact) mass is 275 g/mol. The molecule has 0 aromatic heterocycles. The molecule has 1 aromatic carbocycles. The van der Waals surface area contributed by atoms with Crippen LogP contribution in [0.3, 0.4) is 0 Å². The van der Waals surface area contributed by atoms with Crippen molar-refractivity contribution in [2.75, 3.05) is 0 Å². The van der Waals surface area contributed by atoms with E-state index in [9.17, 15) is 4.79 Å². The Morgan fingerprint density at radius 1 is 1.64 bits per heavy atom. The molecule has 0 radical (unpaired) electrons. The molecule has 0 spiro atoms. The van der Waals surface area contributed by atoms with Crippen molar-refractivity contribution in [1.29, 1.82) is 0 Å². The van der Waals surface area contributed by atoms with Gasteiger partial charge in [-0.25, -0.2) is 0 Å². The van der Waals surface area contributed by atoms with Crippen molar-refractivity contribution in [2.45, 2.75) is 19.4 Å². The molecule has 0 fully saturated rings. The average Bonchev–Trinajstić information content (AvgIpc) is 2.01. The summed E-state index contributed by atoms with van der Waals surface area (Å²) >= 11 is 9.21. The molecule has 2 N–H and O–H groups in total. The maximum absolute atomic E-state index is 11.7. The summed E-state index contributed by atoms with van der Waals surface area (Å²) in [6.07, 6.45) is 0.308. The van der Waals surface area contributed by atoms with Gasteiger partial charge in [0.2, 0.25) is 0 Å². The summed E-state index contributed by atoms with van der Waals surface area (Å²) < 4.78 is 0.718. The normalized spacial score (nSPS) is 12.6. The zero-order chi connectivity index (χ0) is 10.7. The van der Waals surface area contributed by atoms with Crippen LogP contribution in [0.25, 0.3) is 0 Å². The van der Waals surface area contributed by atoms with Crippen LogP contribution in [0.15, 0.2) is 22.7 Å². The van der Waals surface area contributed by atoms with Gasteiger partial charge in [-0.15, -0.1) is 0 Å². The fourth-order valence-electron chi connectivity index (χ4n) is 1.16. The number of carbonyl (C=O) groups is 1.